The van der Waals surface area contributed by atoms with Gasteiger partial charge in [-0.05, 0) is 42.8 Å². The van der Waals surface area contributed by atoms with Crippen LogP contribution in [0.2, 0.25) is 0 Å². The summed E-state index contributed by atoms with van der Waals surface area (Å²) < 4.78 is 122. The molecule has 0 aliphatic heterocycles. The Labute approximate surface area is 195 Å². The molecule has 1 amide bonds. The van der Waals surface area contributed by atoms with E-state index in [1.54, 1.807) is 6.92 Å². The van der Waals surface area contributed by atoms with Gasteiger partial charge in [0.25, 0.3) is 0 Å². The van der Waals surface area contributed by atoms with Gasteiger partial charge in [0.2, 0.25) is 15.9 Å². The highest BCUT2D eigenvalue weighted by atomic mass is 32.2. The summed E-state index contributed by atoms with van der Waals surface area (Å²) in [5.41, 5.74) is -4.01. The Morgan fingerprint density at radius 2 is 1.71 bits per heavy atom. The van der Waals surface area contributed by atoms with Crippen LogP contribution >= 0.6 is 0 Å². The number of hydrogen-bond acceptors (Lipinski definition) is 4. The summed E-state index contributed by atoms with van der Waals surface area (Å²) >= 11 is 0. The zero-order valence-corrected chi connectivity index (χ0v) is 19.0. The molecule has 35 heavy (non-hydrogen) atoms. The van der Waals surface area contributed by atoms with Gasteiger partial charge in [-0.1, -0.05) is 6.07 Å². The zero-order valence-electron chi connectivity index (χ0n) is 18.1. The largest absolute Gasteiger partial charge is 0.493 e. The second-order valence-corrected chi connectivity index (χ2v) is 8.86. The van der Waals surface area contributed by atoms with Crippen molar-refractivity contribution < 1.29 is 48.7 Å². The first kappa shape index (κ1) is 28.0. The molecule has 0 aliphatic rings. The molecule has 14 heteroatoms. The third kappa shape index (κ3) is 8.16. The Bertz CT molecular complexity index is 1220. The van der Waals surface area contributed by atoms with E-state index in [1.807, 2.05) is 0 Å². The Kier molecular flexibility index (Phi) is 8.42. The zero-order chi connectivity index (χ0) is 26.6. The number of sulfonamides is 1. The number of anilines is 1. The predicted octanol–water partition coefficient (Wildman–Crippen LogP) is 4.96. The first-order valence-electron chi connectivity index (χ1n) is 9.68. The van der Waals surface area contributed by atoms with Crippen molar-refractivity contribution in [3.05, 3.63) is 64.5 Å². The molecule has 0 heterocycles. The Morgan fingerprint density at radius 1 is 1.06 bits per heavy atom. The normalized spacial score (nSPS) is 12.6. The van der Waals surface area contributed by atoms with Crippen LogP contribution in [-0.4, -0.2) is 27.2 Å². The minimum atomic E-state index is -5.11. The predicted molar refractivity (Wildman–Crippen MR) is 113 cm³/mol. The third-order valence-electron chi connectivity index (χ3n) is 4.26. The lowest BCUT2D eigenvalue weighted by Gasteiger charge is -2.16. The highest BCUT2D eigenvalue weighted by Crippen LogP contribution is 2.37. The van der Waals surface area contributed by atoms with Gasteiger partial charge < -0.3 is 10.1 Å². The van der Waals surface area contributed by atoms with Gasteiger partial charge in [-0.15, -0.1) is 0 Å². The van der Waals surface area contributed by atoms with Crippen LogP contribution in [0.15, 0.2) is 36.4 Å². The van der Waals surface area contributed by atoms with Gasteiger partial charge >= 0.3 is 12.4 Å². The number of benzene rings is 2. The molecule has 0 aromatic heterocycles. The van der Waals surface area contributed by atoms with Gasteiger partial charge in [-0.3, -0.25) is 9.52 Å². The highest BCUT2D eigenvalue weighted by Gasteiger charge is 2.36. The lowest BCUT2D eigenvalue weighted by Crippen LogP contribution is -2.22. The van der Waals surface area contributed by atoms with E-state index in [-0.39, 0.29) is 23.5 Å². The summed E-state index contributed by atoms with van der Waals surface area (Å²) in [4.78, 5) is 12.1. The molecule has 0 atom stereocenters. The number of carbonyl (C=O) groups is 1. The van der Waals surface area contributed by atoms with Crippen molar-refractivity contribution in [2.24, 2.45) is 0 Å². The van der Waals surface area contributed by atoms with Gasteiger partial charge in [-0.2, -0.15) is 26.3 Å². The molecule has 6 nitrogen and oxygen atoms in total. The van der Waals surface area contributed by atoms with Crippen LogP contribution in [0.25, 0.3) is 6.08 Å². The second kappa shape index (κ2) is 10.5. The van der Waals surface area contributed by atoms with E-state index in [1.165, 1.54) is 4.72 Å². The number of nitrogens with one attached hydrogen (secondary N) is 2. The smallest absolute Gasteiger partial charge is 0.418 e. The Balaban J connectivity index is 2.22. The lowest BCUT2D eigenvalue weighted by atomic mass is 10.1. The molecule has 0 fully saturated rings. The van der Waals surface area contributed by atoms with Crippen LogP contribution < -0.4 is 14.8 Å². The molecule has 0 spiro atoms. The number of amides is 1. The van der Waals surface area contributed by atoms with Crippen molar-refractivity contribution in [2.75, 3.05) is 17.6 Å². The topological polar surface area (TPSA) is 84.5 Å². The number of hydrogen-bond donors (Lipinski definition) is 2. The molecule has 0 saturated heterocycles. The quantitative estimate of drug-likeness (QED) is 0.375. The van der Waals surface area contributed by atoms with Crippen LogP contribution in [0, 0.1) is 5.82 Å². The number of halogens is 7. The molecule has 0 unspecified atom stereocenters. The van der Waals surface area contributed by atoms with Crippen LogP contribution in [0.1, 0.15) is 29.2 Å². The minimum absolute atomic E-state index is 0.0473. The van der Waals surface area contributed by atoms with E-state index >= 15 is 0 Å². The average Bonchev–Trinajstić information content (AvgIpc) is 2.70. The molecule has 2 N–H and O–H groups in total. The molecule has 0 radical (unpaired) electrons. The van der Waals surface area contributed by atoms with Gasteiger partial charge in [0, 0.05) is 18.2 Å². The third-order valence-corrected chi connectivity index (χ3v) is 4.84. The van der Waals surface area contributed by atoms with E-state index in [0.29, 0.717) is 18.4 Å². The number of carbonyl (C=O) groups excluding carboxylic acids is 1. The van der Waals surface area contributed by atoms with Gasteiger partial charge in [0.05, 0.1) is 29.7 Å². The van der Waals surface area contributed by atoms with Crippen LogP contribution in [0.5, 0.6) is 5.75 Å². The summed E-state index contributed by atoms with van der Waals surface area (Å²) in [6, 6.07) is 3.72. The van der Waals surface area contributed by atoms with Crippen LogP contribution in [-0.2, 0) is 33.7 Å². The van der Waals surface area contributed by atoms with Crippen molar-refractivity contribution in [1.82, 2.24) is 5.32 Å². The maximum absolute atomic E-state index is 14.3. The minimum Gasteiger partial charge on any atom is -0.493 e. The van der Waals surface area contributed by atoms with Gasteiger partial charge in [0.15, 0.2) is 0 Å². The molecule has 2 rings (SSSR count). The van der Waals surface area contributed by atoms with Crippen molar-refractivity contribution >= 4 is 27.7 Å². The lowest BCUT2D eigenvalue weighted by molar-refractivity contribution is -0.138. The first-order chi connectivity index (χ1) is 16.0. The number of alkyl halides is 6. The maximum atomic E-state index is 14.3. The molecule has 0 aliphatic carbocycles. The summed E-state index contributed by atoms with van der Waals surface area (Å²) in [5.74, 6) is -2.49. The molecule has 0 saturated carbocycles. The van der Waals surface area contributed by atoms with Gasteiger partial charge in [-0.25, -0.2) is 12.8 Å². The van der Waals surface area contributed by atoms with E-state index in [9.17, 15) is 43.9 Å². The molecule has 2 aromatic rings. The van der Waals surface area contributed by atoms with Crippen molar-refractivity contribution in [2.45, 2.75) is 25.8 Å². The average molecular weight is 528 g/mol. The first-order valence-corrected chi connectivity index (χ1v) is 11.6. The van der Waals surface area contributed by atoms with Crippen LogP contribution in [0.3, 0.4) is 0 Å². The second-order valence-electron chi connectivity index (χ2n) is 7.11. The standard InChI is InChI=1S/C21H19F7N2O4S/c1-3-34-17-10-14(20(23,24)25)6-4-13(17)5-7-18(31)29-11-12-8-15(21(26,27)28)19(16(22)9-12)30-35(2,32)33/h4-10,30H,3,11H2,1-2H3,(H,29,31)/b7-5+. The summed E-state index contributed by atoms with van der Waals surface area (Å²) in [7, 11) is -4.21. The fraction of sp³-hybridized carbons (Fsp3) is 0.286. The Hall–Kier alpha value is -3.29. The highest BCUT2D eigenvalue weighted by molar-refractivity contribution is 7.92. The molecule has 192 valence electrons. The number of rotatable bonds is 8. The summed E-state index contributed by atoms with van der Waals surface area (Å²) in [6.07, 6.45) is -7.11. The monoisotopic (exact) mass is 528 g/mol. The van der Waals surface area contributed by atoms with E-state index in [0.717, 1.165) is 30.4 Å². The summed E-state index contributed by atoms with van der Waals surface area (Å²) in [6.45, 7) is 1.03. The van der Waals surface area contributed by atoms with E-state index < -0.39 is 57.5 Å². The molecule has 0 bridgehead atoms. The molecular formula is C21H19F7N2O4S. The SMILES string of the molecule is CCOc1cc(C(F)(F)F)ccc1/C=C/C(=O)NCc1cc(F)c(NS(C)(=O)=O)c(C(F)(F)F)c1. The van der Waals surface area contributed by atoms with E-state index in [4.69, 9.17) is 4.74 Å². The molecule has 2 aromatic carbocycles. The maximum Gasteiger partial charge on any atom is 0.418 e. The number of ether oxygens (including phenoxy) is 1. The van der Waals surface area contributed by atoms with Crippen molar-refractivity contribution in [1.29, 1.82) is 0 Å². The van der Waals surface area contributed by atoms with Crippen LogP contribution in [0.4, 0.5) is 36.4 Å². The van der Waals surface area contributed by atoms with Crippen molar-refractivity contribution in [3.8, 4) is 5.75 Å². The van der Waals surface area contributed by atoms with Crippen molar-refractivity contribution in [3.63, 3.8) is 0 Å². The Morgan fingerprint density at radius 3 is 2.26 bits per heavy atom. The van der Waals surface area contributed by atoms with E-state index in [2.05, 4.69) is 5.32 Å². The fourth-order valence-electron chi connectivity index (χ4n) is 2.82. The fourth-order valence-corrected chi connectivity index (χ4v) is 3.40. The van der Waals surface area contributed by atoms with Gasteiger partial charge in [0.1, 0.15) is 11.6 Å². The molecular weight excluding hydrogens is 509 g/mol. The summed E-state index contributed by atoms with van der Waals surface area (Å²) in [5, 5.41) is 2.21.